The van der Waals surface area contributed by atoms with Gasteiger partial charge >= 0.3 is 5.97 Å². The molecule has 2 atom stereocenters. The summed E-state index contributed by atoms with van der Waals surface area (Å²) in [5, 5.41) is 8.55. The van der Waals surface area contributed by atoms with Crippen LogP contribution in [0.15, 0.2) is 23.2 Å². The van der Waals surface area contributed by atoms with Crippen LogP contribution in [0.1, 0.15) is 6.92 Å². The maximum atomic E-state index is 13.5. The fourth-order valence-electron chi connectivity index (χ4n) is 1.27. The monoisotopic (exact) mass is 222 g/mol. The number of rotatable bonds is 2. The molecule has 0 aromatic heterocycles. The summed E-state index contributed by atoms with van der Waals surface area (Å²) >= 11 is 0. The number of allylic oxidation sites excluding steroid dienone is 2. The summed E-state index contributed by atoms with van der Waals surface area (Å²) in [4.78, 5) is 10.5. The van der Waals surface area contributed by atoms with Crippen LogP contribution in [-0.4, -0.2) is 30.0 Å². The largest absolute Gasteiger partial charge is 0.495 e. The van der Waals surface area contributed by atoms with Gasteiger partial charge in [0.2, 0.25) is 0 Å². The Kier molecular flexibility index (Phi) is 2.79. The minimum Gasteiger partial charge on any atom is -0.495 e. The number of hydrogen-bond donors (Lipinski definition) is 1. The number of halogens is 3. The number of alkyl halides is 2. The van der Waals surface area contributed by atoms with Crippen LogP contribution >= 0.6 is 0 Å². The fraction of sp³-hybridized carbons (Fsp3) is 0.444. The van der Waals surface area contributed by atoms with Crippen LogP contribution in [0, 0.1) is 0 Å². The Hall–Kier alpha value is -1.46. The lowest BCUT2D eigenvalue weighted by Gasteiger charge is -2.27. The van der Waals surface area contributed by atoms with Gasteiger partial charge in [-0.3, -0.25) is 0 Å². The van der Waals surface area contributed by atoms with Crippen molar-refractivity contribution in [1.82, 2.24) is 0 Å². The Balaban J connectivity index is 3.31. The lowest BCUT2D eigenvalue weighted by Crippen LogP contribution is -2.36. The average Bonchev–Trinajstić information content (AvgIpc) is 2.12. The standard InChI is InChI=1S/C9H9F3O3/c1-9(12)3-4(8(13)14)5(10)6(15-2)7(9)11/h3,7H,1-2H3,(H,13,14). The first-order valence-electron chi connectivity index (χ1n) is 4.04. The molecular formula is C9H9F3O3. The van der Waals surface area contributed by atoms with Gasteiger partial charge in [0, 0.05) is 0 Å². The first kappa shape index (κ1) is 11.6. The predicted octanol–water partition coefficient (Wildman–Crippen LogP) is 1.90. The molecule has 0 amide bonds. The van der Waals surface area contributed by atoms with E-state index in [4.69, 9.17) is 5.11 Å². The van der Waals surface area contributed by atoms with Gasteiger partial charge in [-0.05, 0) is 13.0 Å². The van der Waals surface area contributed by atoms with E-state index in [0.29, 0.717) is 6.08 Å². The van der Waals surface area contributed by atoms with E-state index in [9.17, 15) is 18.0 Å². The molecule has 0 saturated heterocycles. The summed E-state index contributed by atoms with van der Waals surface area (Å²) in [6.45, 7) is 0.812. The molecule has 84 valence electrons. The lowest BCUT2D eigenvalue weighted by molar-refractivity contribution is -0.132. The Labute approximate surface area is 83.8 Å². The van der Waals surface area contributed by atoms with Gasteiger partial charge in [0.25, 0.3) is 0 Å². The minimum absolute atomic E-state index is 0.401. The summed E-state index contributed by atoms with van der Waals surface area (Å²) in [5.74, 6) is -3.98. The van der Waals surface area contributed by atoms with E-state index in [0.717, 1.165) is 14.0 Å². The molecule has 0 heterocycles. The van der Waals surface area contributed by atoms with E-state index in [1.807, 2.05) is 0 Å². The number of carboxylic acids is 1. The molecule has 1 N–H and O–H groups in total. The molecule has 0 bridgehead atoms. The second-order valence-corrected chi connectivity index (χ2v) is 3.26. The van der Waals surface area contributed by atoms with Gasteiger partial charge in [0.1, 0.15) is 0 Å². The Morgan fingerprint density at radius 1 is 1.67 bits per heavy atom. The van der Waals surface area contributed by atoms with E-state index in [-0.39, 0.29) is 0 Å². The molecule has 2 unspecified atom stereocenters. The summed E-state index contributed by atoms with van der Waals surface area (Å²) in [6, 6.07) is 0. The van der Waals surface area contributed by atoms with Gasteiger partial charge in [0.15, 0.2) is 23.4 Å². The van der Waals surface area contributed by atoms with Crippen LogP contribution in [0.25, 0.3) is 0 Å². The van der Waals surface area contributed by atoms with Crippen molar-refractivity contribution < 1.29 is 27.8 Å². The van der Waals surface area contributed by atoms with Crippen molar-refractivity contribution in [3.63, 3.8) is 0 Å². The Bertz CT molecular complexity index is 358. The van der Waals surface area contributed by atoms with Gasteiger partial charge in [-0.2, -0.15) is 0 Å². The first-order chi connectivity index (χ1) is 6.81. The maximum absolute atomic E-state index is 13.5. The second kappa shape index (κ2) is 3.60. The zero-order valence-corrected chi connectivity index (χ0v) is 8.05. The number of hydrogen-bond acceptors (Lipinski definition) is 2. The van der Waals surface area contributed by atoms with E-state index >= 15 is 0 Å². The molecule has 1 aliphatic rings. The molecule has 0 radical (unpaired) electrons. The molecule has 0 fully saturated rings. The second-order valence-electron chi connectivity index (χ2n) is 3.26. The van der Waals surface area contributed by atoms with Crippen LogP contribution in [0.5, 0.6) is 0 Å². The van der Waals surface area contributed by atoms with Gasteiger partial charge < -0.3 is 9.84 Å². The molecule has 0 spiro atoms. The van der Waals surface area contributed by atoms with Gasteiger partial charge in [-0.25, -0.2) is 18.0 Å². The minimum atomic E-state index is -2.59. The predicted molar refractivity (Wildman–Crippen MR) is 45.3 cm³/mol. The number of carbonyl (C=O) groups is 1. The molecule has 3 nitrogen and oxygen atoms in total. The molecule has 15 heavy (non-hydrogen) atoms. The third-order valence-electron chi connectivity index (χ3n) is 2.06. The van der Waals surface area contributed by atoms with Crippen LogP contribution < -0.4 is 0 Å². The third kappa shape index (κ3) is 1.84. The van der Waals surface area contributed by atoms with Crippen LogP contribution in [0.2, 0.25) is 0 Å². The van der Waals surface area contributed by atoms with Gasteiger partial charge in [-0.15, -0.1) is 0 Å². The van der Waals surface area contributed by atoms with E-state index in [2.05, 4.69) is 4.74 Å². The highest BCUT2D eigenvalue weighted by Crippen LogP contribution is 2.37. The third-order valence-corrected chi connectivity index (χ3v) is 2.06. The van der Waals surface area contributed by atoms with E-state index in [1.165, 1.54) is 0 Å². The molecule has 0 saturated carbocycles. The molecule has 1 aliphatic carbocycles. The number of ether oxygens (including phenoxy) is 1. The van der Waals surface area contributed by atoms with Crippen molar-refractivity contribution in [2.75, 3.05) is 7.11 Å². The van der Waals surface area contributed by atoms with Crippen LogP contribution in [-0.2, 0) is 9.53 Å². The van der Waals surface area contributed by atoms with E-state index < -0.39 is 35.0 Å². The van der Waals surface area contributed by atoms with Gasteiger partial charge in [-0.1, -0.05) is 0 Å². The van der Waals surface area contributed by atoms with Crippen LogP contribution in [0.4, 0.5) is 13.2 Å². The number of methoxy groups -OCH3 is 1. The van der Waals surface area contributed by atoms with Crippen LogP contribution in [0.3, 0.4) is 0 Å². The van der Waals surface area contributed by atoms with Crippen molar-refractivity contribution in [2.45, 2.75) is 18.8 Å². The highest BCUT2D eigenvalue weighted by atomic mass is 19.2. The Morgan fingerprint density at radius 2 is 2.20 bits per heavy atom. The van der Waals surface area contributed by atoms with Crippen molar-refractivity contribution in [3.05, 3.63) is 23.2 Å². The summed E-state index contributed by atoms with van der Waals surface area (Å²) in [5.41, 5.74) is -3.51. The first-order valence-corrected chi connectivity index (χ1v) is 4.04. The topological polar surface area (TPSA) is 46.5 Å². The number of carboxylic acid groups (broad SMARTS) is 1. The molecule has 6 heteroatoms. The highest BCUT2D eigenvalue weighted by Gasteiger charge is 2.44. The molecule has 0 aromatic rings. The van der Waals surface area contributed by atoms with Crippen molar-refractivity contribution >= 4 is 5.97 Å². The Morgan fingerprint density at radius 3 is 2.60 bits per heavy atom. The fourth-order valence-corrected chi connectivity index (χ4v) is 1.27. The molecule has 0 aromatic carbocycles. The van der Waals surface area contributed by atoms with E-state index in [1.54, 1.807) is 0 Å². The summed E-state index contributed by atoms with van der Waals surface area (Å²) in [6.07, 6.45) is -1.94. The smallest absolute Gasteiger partial charge is 0.338 e. The maximum Gasteiger partial charge on any atom is 0.338 e. The zero-order valence-electron chi connectivity index (χ0n) is 8.05. The number of aliphatic carboxylic acids is 1. The normalized spacial score (nSPS) is 31.3. The quantitative estimate of drug-likeness (QED) is 0.776. The van der Waals surface area contributed by atoms with Gasteiger partial charge in [0.05, 0.1) is 12.7 Å². The average molecular weight is 222 g/mol. The summed E-state index contributed by atoms with van der Waals surface area (Å²) in [7, 11) is 0.947. The van der Waals surface area contributed by atoms with Crippen molar-refractivity contribution in [1.29, 1.82) is 0 Å². The molecular weight excluding hydrogens is 213 g/mol. The highest BCUT2D eigenvalue weighted by molar-refractivity contribution is 5.92. The zero-order chi connectivity index (χ0) is 11.8. The van der Waals surface area contributed by atoms with Crippen molar-refractivity contribution in [2.24, 2.45) is 0 Å². The molecule has 0 aliphatic heterocycles. The lowest BCUT2D eigenvalue weighted by atomic mass is 9.91. The molecule has 1 rings (SSSR count). The summed E-state index contributed by atoms with van der Waals surface area (Å²) < 4.78 is 44.3. The SMILES string of the molecule is COC1=C(F)C(C(=O)O)=CC(C)(F)C1F. The van der Waals surface area contributed by atoms with Crippen molar-refractivity contribution in [3.8, 4) is 0 Å².